The zero-order valence-electron chi connectivity index (χ0n) is 12.6. The molecule has 0 N–H and O–H groups in total. The first-order chi connectivity index (χ1) is 10.5. The molecule has 1 amide bonds. The summed E-state index contributed by atoms with van der Waals surface area (Å²) < 4.78 is 19.5. The van der Waals surface area contributed by atoms with Gasteiger partial charge < -0.3 is 9.64 Å². The fraction of sp³-hybridized carbons (Fsp3) is 0.312. The van der Waals surface area contributed by atoms with Gasteiger partial charge in [0.15, 0.2) is 11.6 Å². The number of aryl methyl sites for hydroxylation is 2. The molecule has 1 aromatic carbocycles. The third-order valence-corrected chi connectivity index (χ3v) is 3.57. The maximum absolute atomic E-state index is 13.9. The highest BCUT2D eigenvalue weighted by Crippen LogP contribution is 2.36. The van der Waals surface area contributed by atoms with Crippen LogP contribution in [-0.2, 0) is 0 Å². The van der Waals surface area contributed by atoms with Crippen LogP contribution in [0.2, 0.25) is 0 Å². The number of hydrogen-bond donors (Lipinski definition) is 0. The molecule has 0 aliphatic carbocycles. The molecule has 22 heavy (non-hydrogen) atoms. The maximum atomic E-state index is 13.9. The van der Waals surface area contributed by atoms with E-state index in [1.807, 2.05) is 0 Å². The van der Waals surface area contributed by atoms with Gasteiger partial charge in [-0.2, -0.15) is 0 Å². The molecule has 1 aromatic heterocycles. The molecule has 0 bridgehead atoms. The number of amides is 1. The van der Waals surface area contributed by atoms with E-state index in [2.05, 4.69) is 9.97 Å². The van der Waals surface area contributed by atoms with Crippen molar-refractivity contribution in [3.05, 3.63) is 47.3 Å². The fourth-order valence-corrected chi connectivity index (χ4v) is 2.55. The van der Waals surface area contributed by atoms with Crippen LogP contribution in [0.25, 0.3) is 0 Å². The molecule has 2 heterocycles. The summed E-state index contributed by atoms with van der Waals surface area (Å²) in [6.07, 6.45) is 1.22. The SMILES string of the molecule is Cc1ncc(C(=O)N2CC(C)Oc3c(F)cccc32)c(C)n1. The van der Waals surface area contributed by atoms with Crippen LogP contribution in [0.1, 0.15) is 28.8 Å². The second kappa shape index (κ2) is 5.36. The zero-order chi connectivity index (χ0) is 15.9. The number of fused-ring (bicyclic) bond motifs is 1. The number of para-hydroxylation sites is 1. The van der Waals surface area contributed by atoms with E-state index in [0.29, 0.717) is 29.3 Å². The normalized spacial score (nSPS) is 16.9. The van der Waals surface area contributed by atoms with Crippen molar-refractivity contribution >= 4 is 11.6 Å². The van der Waals surface area contributed by atoms with Gasteiger partial charge in [-0.05, 0) is 32.9 Å². The number of carbonyl (C=O) groups excluding carboxylic acids is 1. The van der Waals surface area contributed by atoms with Gasteiger partial charge in [-0.15, -0.1) is 0 Å². The molecule has 0 spiro atoms. The lowest BCUT2D eigenvalue weighted by Gasteiger charge is -2.33. The standard InChI is InChI=1S/C16H16FN3O2/c1-9-8-20(14-6-4-5-13(17)15(14)22-9)16(21)12-7-18-11(3)19-10(12)2/h4-7,9H,8H2,1-3H3. The zero-order valence-corrected chi connectivity index (χ0v) is 12.6. The molecule has 0 saturated heterocycles. The van der Waals surface area contributed by atoms with Gasteiger partial charge in [-0.3, -0.25) is 4.79 Å². The lowest BCUT2D eigenvalue weighted by molar-refractivity contribution is 0.0957. The number of benzene rings is 1. The molecule has 1 aliphatic rings. The first kappa shape index (κ1) is 14.4. The molecule has 5 nitrogen and oxygen atoms in total. The molecule has 3 rings (SSSR count). The van der Waals surface area contributed by atoms with E-state index in [0.717, 1.165) is 0 Å². The van der Waals surface area contributed by atoms with E-state index in [9.17, 15) is 9.18 Å². The maximum Gasteiger partial charge on any atom is 0.261 e. The highest BCUT2D eigenvalue weighted by molar-refractivity contribution is 6.07. The summed E-state index contributed by atoms with van der Waals surface area (Å²) in [6, 6.07) is 4.55. The number of halogens is 1. The summed E-state index contributed by atoms with van der Waals surface area (Å²) in [7, 11) is 0. The van der Waals surface area contributed by atoms with E-state index < -0.39 is 5.82 Å². The lowest BCUT2D eigenvalue weighted by atomic mass is 10.1. The van der Waals surface area contributed by atoms with E-state index in [-0.39, 0.29) is 17.8 Å². The molecule has 0 radical (unpaired) electrons. The van der Waals surface area contributed by atoms with E-state index in [1.165, 1.54) is 17.2 Å². The quantitative estimate of drug-likeness (QED) is 0.812. The van der Waals surface area contributed by atoms with Crippen molar-refractivity contribution in [2.75, 3.05) is 11.4 Å². The largest absolute Gasteiger partial charge is 0.484 e. The Balaban J connectivity index is 2.05. The molecule has 2 aromatic rings. The Morgan fingerprint density at radius 2 is 2.18 bits per heavy atom. The van der Waals surface area contributed by atoms with Gasteiger partial charge in [-0.1, -0.05) is 6.07 Å². The minimum atomic E-state index is -0.473. The molecule has 6 heteroatoms. The van der Waals surface area contributed by atoms with Crippen molar-refractivity contribution in [3.8, 4) is 5.75 Å². The number of rotatable bonds is 1. The van der Waals surface area contributed by atoms with Crippen molar-refractivity contribution in [1.82, 2.24) is 9.97 Å². The van der Waals surface area contributed by atoms with Crippen molar-refractivity contribution < 1.29 is 13.9 Å². The minimum Gasteiger partial charge on any atom is -0.484 e. The van der Waals surface area contributed by atoms with Crippen LogP contribution in [-0.4, -0.2) is 28.5 Å². The van der Waals surface area contributed by atoms with Crippen LogP contribution in [0, 0.1) is 19.7 Å². The van der Waals surface area contributed by atoms with E-state index in [1.54, 1.807) is 32.9 Å². The summed E-state index contributed by atoms with van der Waals surface area (Å²) >= 11 is 0. The number of nitrogens with zero attached hydrogens (tertiary/aromatic N) is 3. The Kier molecular flexibility index (Phi) is 3.52. The van der Waals surface area contributed by atoms with Gasteiger partial charge >= 0.3 is 0 Å². The van der Waals surface area contributed by atoms with E-state index >= 15 is 0 Å². The second-order valence-electron chi connectivity index (χ2n) is 5.35. The smallest absolute Gasteiger partial charge is 0.261 e. The number of aromatic nitrogens is 2. The monoisotopic (exact) mass is 301 g/mol. The number of hydrogen-bond acceptors (Lipinski definition) is 4. The van der Waals surface area contributed by atoms with Gasteiger partial charge in [0, 0.05) is 6.20 Å². The summed E-state index contributed by atoms with van der Waals surface area (Å²) in [5.41, 5.74) is 1.45. The third-order valence-electron chi connectivity index (χ3n) is 3.57. The average molecular weight is 301 g/mol. The van der Waals surface area contributed by atoms with Crippen LogP contribution in [0.15, 0.2) is 24.4 Å². The molecule has 1 atom stereocenters. The Hall–Kier alpha value is -2.50. The van der Waals surface area contributed by atoms with Crippen LogP contribution in [0.5, 0.6) is 5.75 Å². The molecule has 1 aliphatic heterocycles. The van der Waals surface area contributed by atoms with Gasteiger partial charge in [0.2, 0.25) is 0 Å². The molecule has 0 fully saturated rings. The van der Waals surface area contributed by atoms with Crippen molar-refractivity contribution in [1.29, 1.82) is 0 Å². The summed E-state index contributed by atoms with van der Waals surface area (Å²) in [5, 5.41) is 0. The van der Waals surface area contributed by atoms with Gasteiger partial charge in [0.25, 0.3) is 5.91 Å². The molecule has 0 saturated carbocycles. The predicted molar refractivity (Wildman–Crippen MR) is 79.7 cm³/mol. The number of anilines is 1. The van der Waals surface area contributed by atoms with Crippen molar-refractivity contribution in [2.24, 2.45) is 0 Å². The minimum absolute atomic E-state index is 0.111. The van der Waals surface area contributed by atoms with Crippen LogP contribution in [0.3, 0.4) is 0 Å². The topological polar surface area (TPSA) is 55.3 Å². The summed E-state index contributed by atoms with van der Waals surface area (Å²) in [4.78, 5) is 22.6. The summed E-state index contributed by atoms with van der Waals surface area (Å²) in [6.45, 7) is 5.68. The number of carbonyl (C=O) groups is 1. The van der Waals surface area contributed by atoms with Crippen molar-refractivity contribution in [3.63, 3.8) is 0 Å². The fourth-order valence-electron chi connectivity index (χ4n) is 2.55. The molecular weight excluding hydrogens is 285 g/mol. The van der Waals surface area contributed by atoms with Crippen LogP contribution in [0.4, 0.5) is 10.1 Å². The summed E-state index contributed by atoms with van der Waals surface area (Å²) in [5.74, 6) is -0.00523. The first-order valence-electron chi connectivity index (χ1n) is 7.04. The molecular formula is C16H16FN3O2. The Morgan fingerprint density at radius 3 is 2.91 bits per heavy atom. The molecule has 114 valence electrons. The molecule has 1 unspecified atom stereocenters. The van der Waals surface area contributed by atoms with Gasteiger partial charge in [0.1, 0.15) is 11.9 Å². The Labute approximate surface area is 127 Å². The third kappa shape index (κ3) is 2.41. The average Bonchev–Trinajstić information content (AvgIpc) is 2.47. The Morgan fingerprint density at radius 1 is 1.41 bits per heavy atom. The highest BCUT2D eigenvalue weighted by Gasteiger charge is 2.31. The predicted octanol–water partition coefficient (Wildman–Crippen LogP) is 2.66. The number of ether oxygens (including phenoxy) is 1. The lowest BCUT2D eigenvalue weighted by Crippen LogP contribution is -2.43. The van der Waals surface area contributed by atoms with Crippen LogP contribution < -0.4 is 9.64 Å². The van der Waals surface area contributed by atoms with Crippen molar-refractivity contribution in [2.45, 2.75) is 26.9 Å². The first-order valence-corrected chi connectivity index (χ1v) is 7.04. The van der Waals surface area contributed by atoms with E-state index in [4.69, 9.17) is 4.74 Å². The van der Waals surface area contributed by atoms with Gasteiger partial charge in [-0.25, -0.2) is 14.4 Å². The van der Waals surface area contributed by atoms with Gasteiger partial charge in [0.05, 0.1) is 23.5 Å². The second-order valence-corrected chi connectivity index (χ2v) is 5.35. The highest BCUT2D eigenvalue weighted by atomic mass is 19.1. The Bertz CT molecular complexity index is 748. The van der Waals surface area contributed by atoms with Crippen LogP contribution >= 0.6 is 0 Å².